The van der Waals surface area contributed by atoms with Gasteiger partial charge in [-0.25, -0.2) is 4.98 Å². The van der Waals surface area contributed by atoms with Crippen LogP contribution >= 0.6 is 0 Å². The van der Waals surface area contributed by atoms with Crippen molar-refractivity contribution in [3.63, 3.8) is 0 Å². The maximum absolute atomic E-state index is 12.4. The van der Waals surface area contributed by atoms with Crippen molar-refractivity contribution in [1.29, 1.82) is 0 Å². The van der Waals surface area contributed by atoms with Gasteiger partial charge in [-0.1, -0.05) is 12.1 Å². The van der Waals surface area contributed by atoms with Crippen molar-refractivity contribution in [3.8, 4) is 5.75 Å². The number of imidazole rings is 1. The number of likely N-dealkylation sites (tertiary alicyclic amines) is 1. The van der Waals surface area contributed by atoms with Crippen LogP contribution in [0.25, 0.3) is 5.65 Å². The molecule has 1 aliphatic heterocycles. The largest absolute Gasteiger partial charge is 0.487 e. The molecule has 0 atom stereocenters. The minimum Gasteiger partial charge on any atom is -0.487 e. The second-order valence-electron chi connectivity index (χ2n) is 7.61. The van der Waals surface area contributed by atoms with Crippen LogP contribution in [0.5, 0.6) is 5.75 Å². The average Bonchev–Trinajstić information content (AvgIpc) is 3.42. The van der Waals surface area contributed by atoms with E-state index in [4.69, 9.17) is 4.74 Å². The van der Waals surface area contributed by atoms with Crippen molar-refractivity contribution in [2.45, 2.75) is 32.8 Å². The van der Waals surface area contributed by atoms with Crippen molar-refractivity contribution in [1.82, 2.24) is 19.6 Å². The summed E-state index contributed by atoms with van der Waals surface area (Å²) in [7, 11) is 0. The van der Waals surface area contributed by atoms with Crippen LogP contribution in [0.2, 0.25) is 0 Å². The van der Waals surface area contributed by atoms with Crippen LogP contribution in [-0.4, -0.2) is 45.7 Å². The van der Waals surface area contributed by atoms with Gasteiger partial charge >= 0.3 is 0 Å². The molecule has 1 fully saturated rings. The van der Waals surface area contributed by atoms with Gasteiger partial charge in [-0.15, -0.1) is 0 Å². The molecule has 0 aliphatic carbocycles. The number of benzene rings is 1. The summed E-state index contributed by atoms with van der Waals surface area (Å²) in [6.07, 6.45) is 6.43. The van der Waals surface area contributed by atoms with E-state index in [0.29, 0.717) is 30.9 Å². The first kappa shape index (κ1) is 19.9. The van der Waals surface area contributed by atoms with E-state index in [1.54, 1.807) is 18.2 Å². The Balaban J connectivity index is 1.30. The molecular formula is C23H26N4O3. The minimum absolute atomic E-state index is 0.104. The third-order valence-corrected chi connectivity index (χ3v) is 5.21. The number of ether oxygens (including phenoxy) is 1. The fourth-order valence-electron chi connectivity index (χ4n) is 3.62. The maximum atomic E-state index is 12.4. The molecular weight excluding hydrogens is 380 g/mol. The van der Waals surface area contributed by atoms with Crippen LogP contribution in [-0.2, 0) is 11.4 Å². The van der Waals surface area contributed by atoms with Gasteiger partial charge < -0.3 is 19.4 Å². The number of carbonyl (C=O) groups is 2. The lowest BCUT2D eigenvalue weighted by Gasteiger charge is -2.15. The number of hydrogen-bond donors (Lipinski definition) is 1. The predicted octanol–water partition coefficient (Wildman–Crippen LogP) is 2.96. The van der Waals surface area contributed by atoms with Gasteiger partial charge in [-0.3, -0.25) is 9.59 Å². The summed E-state index contributed by atoms with van der Waals surface area (Å²) in [6, 6.07) is 11.0. The lowest BCUT2D eigenvalue weighted by molar-refractivity contribution is -0.129. The Hall–Kier alpha value is -3.35. The van der Waals surface area contributed by atoms with Gasteiger partial charge in [0.25, 0.3) is 5.91 Å². The molecule has 0 bridgehead atoms. The van der Waals surface area contributed by atoms with E-state index in [0.717, 1.165) is 42.8 Å². The molecule has 0 saturated carbocycles. The van der Waals surface area contributed by atoms with Crippen LogP contribution in [0.3, 0.4) is 0 Å². The van der Waals surface area contributed by atoms with Gasteiger partial charge in [0, 0.05) is 44.0 Å². The maximum Gasteiger partial charge on any atom is 0.251 e. The molecule has 0 unspecified atom stereocenters. The highest BCUT2D eigenvalue weighted by atomic mass is 16.5. The lowest BCUT2D eigenvalue weighted by Crippen LogP contribution is -2.32. The molecule has 0 radical (unpaired) electrons. The van der Waals surface area contributed by atoms with Gasteiger partial charge in [0.15, 0.2) is 0 Å². The van der Waals surface area contributed by atoms with E-state index in [9.17, 15) is 9.59 Å². The van der Waals surface area contributed by atoms with Crippen LogP contribution in [0.4, 0.5) is 0 Å². The number of fused-ring (bicyclic) bond motifs is 1. The molecule has 1 aliphatic rings. The minimum atomic E-state index is -0.210. The number of hydrogen-bond acceptors (Lipinski definition) is 4. The zero-order valence-corrected chi connectivity index (χ0v) is 17.1. The molecule has 30 heavy (non-hydrogen) atoms. The van der Waals surface area contributed by atoms with Crippen LogP contribution in [0, 0.1) is 6.92 Å². The van der Waals surface area contributed by atoms with Gasteiger partial charge in [0.2, 0.25) is 5.91 Å². The number of nitrogens with one attached hydrogen (secondary N) is 1. The lowest BCUT2D eigenvalue weighted by atomic mass is 10.2. The monoisotopic (exact) mass is 406 g/mol. The fraction of sp³-hybridized carbons (Fsp3) is 0.348. The molecule has 0 spiro atoms. The van der Waals surface area contributed by atoms with Crippen molar-refractivity contribution in [3.05, 3.63) is 65.6 Å². The highest BCUT2D eigenvalue weighted by Gasteiger charge is 2.17. The first-order valence-corrected chi connectivity index (χ1v) is 10.3. The molecule has 2 amide bonds. The Morgan fingerprint density at radius 1 is 1.13 bits per heavy atom. The second-order valence-corrected chi connectivity index (χ2v) is 7.61. The van der Waals surface area contributed by atoms with Crippen LogP contribution in [0.1, 0.15) is 40.9 Å². The van der Waals surface area contributed by atoms with E-state index >= 15 is 0 Å². The predicted molar refractivity (Wildman–Crippen MR) is 113 cm³/mol. The number of carbonyl (C=O) groups excluding carboxylic acids is 2. The van der Waals surface area contributed by atoms with Crippen molar-refractivity contribution >= 4 is 17.5 Å². The number of amides is 2. The van der Waals surface area contributed by atoms with E-state index in [1.165, 1.54) is 0 Å². The average molecular weight is 406 g/mol. The van der Waals surface area contributed by atoms with Crippen LogP contribution < -0.4 is 10.1 Å². The molecule has 7 nitrogen and oxygen atoms in total. The van der Waals surface area contributed by atoms with E-state index in [-0.39, 0.29) is 11.8 Å². The molecule has 1 N–H and O–H groups in total. The van der Waals surface area contributed by atoms with E-state index < -0.39 is 0 Å². The summed E-state index contributed by atoms with van der Waals surface area (Å²) in [5, 5.41) is 2.82. The third-order valence-electron chi connectivity index (χ3n) is 5.21. The highest BCUT2D eigenvalue weighted by Crippen LogP contribution is 2.16. The van der Waals surface area contributed by atoms with E-state index in [1.807, 2.05) is 46.8 Å². The van der Waals surface area contributed by atoms with Gasteiger partial charge in [-0.2, -0.15) is 0 Å². The summed E-state index contributed by atoms with van der Waals surface area (Å²) in [5.41, 5.74) is 3.35. The van der Waals surface area contributed by atoms with Gasteiger partial charge in [-0.05, 0) is 49.6 Å². The summed E-state index contributed by atoms with van der Waals surface area (Å²) in [4.78, 5) is 30.9. The Bertz CT molecular complexity index is 1050. The number of nitrogens with zero attached hydrogens (tertiary/aromatic N) is 3. The van der Waals surface area contributed by atoms with Crippen molar-refractivity contribution in [2.75, 3.05) is 19.6 Å². The number of aromatic nitrogens is 2. The van der Waals surface area contributed by atoms with Gasteiger partial charge in [0.05, 0.1) is 5.69 Å². The van der Waals surface area contributed by atoms with Crippen LogP contribution in [0.15, 0.2) is 48.8 Å². The van der Waals surface area contributed by atoms with Crippen molar-refractivity contribution in [2.24, 2.45) is 0 Å². The zero-order valence-electron chi connectivity index (χ0n) is 17.1. The Morgan fingerprint density at radius 2 is 1.97 bits per heavy atom. The molecule has 4 rings (SSSR count). The summed E-state index contributed by atoms with van der Waals surface area (Å²) in [6.45, 7) is 4.35. The number of aryl methyl sites for hydroxylation is 1. The molecule has 156 valence electrons. The number of rotatable bonds is 7. The molecule has 7 heteroatoms. The zero-order chi connectivity index (χ0) is 20.9. The van der Waals surface area contributed by atoms with E-state index in [2.05, 4.69) is 10.3 Å². The Morgan fingerprint density at radius 3 is 2.80 bits per heavy atom. The molecule has 3 aromatic rings. The normalized spacial score (nSPS) is 13.6. The first-order valence-electron chi connectivity index (χ1n) is 10.3. The first-order chi connectivity index (χ1) is 14.6. The Labute approximate surface area is 175 Å². The second kappa shape index (κ2) is 8.98. The van der Waals surface area contributed by atoms with Gasteiger partial charge in [0.1, 0.15) is 18.0 Å². The highest BCUT2D eigenvalue weighted by molar-refractivity contribution is 5.94. The smallest absolute Gasteiger partial charge is 0.251 e. The number of pyridine rings is 1. The third kappa shape index (κ3) is 4.79. The molecule has 2 aromatic heterocycles. The molecule has 3 heterocycles. The topological polar surface area (TPSA) is 75.9 Å². The Kier molecular flexibility index (Phi) is 5.97. The fourth-order valence-corrected chi connectivity index (χ4v) is 3.62. The summed E-state index contributed by atoms with van der Waals surface area (Å²) < 4.78 is 7.81. The SMILES string of the molecule is Cc1ccc2nc(COc3cccc(C(=O)NCCC(=O)N4CCCC4)c3)cn2c1. The van der Waals surface area contributed by atoms with Crippen molar-refractivity contribution < 1.29 is 14.3 Å². The standard InChI is InChI=1S/C23H26N4O3/c1-17-7-8-21-25-19(15-27(21)14-17)16-30-20-6-4-5-18(13-20)23(29)24-10-9-22(28)26-11-2-3-12-26/h4-8,13-15H,2-3,9-12,16H2,1H3,(H,24,29). The summed E-state index contributed by atoms with van der Waals surface area (Å²) >= 11 is 0. The molecule has 1 saturated heterocycles. The quantitative estimate of drug-likeness (QED) is 0.655. The summed E-state index contributed by atoms with van der Waals surface area (Å²) in [5.74, 6) is 0.495. The molecule has 1 aromatic carbocycles.